The molecule has 3 N–H and O–H groups in total. The number of halogens is 1. The molecular formula is C32H29FN4O3S. The van der Waals surface area contributed by atoms with Gasteiger partial charge in [-0.1, -0.05) is 45.0 Å². The molecule has 3 aromatic carbocycles. The number of amides is 1. The van der Waals surface area contributed by atoms with Crippen molar-refractivity contribution in [1.82, 2.24) is 9.55 Å². The third kappa shape index (κ3) is 5.76. The summed E-state index contributed by atoms with van der Waals surface area (Å²) in [6, 6.07) is 21.6. The molecule has 0 unspecified atom stereocenters. The number of rotatable bonds is 7. The number of hydrogen-bond donors (Lipinski definition) is 2. The zero-order valence-electron chi connectivity index (χ0n) is 22.8. The average molecular weight is 569 g/mol. The highest BCUT2D eigenvalue weighted by Gasteiger charge is 2.22. The van der Waals surface area contributed by atoms with Crippen molar-refractivity contribution in [3.8, 4) is 16.8 Å². The molecule has 1 amide bonds. The predicted molar refractivity (Wildman–Crippen MR) is 161 cm³/mol. The van der Waals surface area contributed by atoms with Gasteiger partial charge in [0.1, 0.15) is 5.82 Å². The third-order valence-corrected chi connectivity index (χ3v) is 8.12. The van der Waals surface area contributed by atoms with Crippen molar-refractivity contribution in [2.24, 2.45) is 5.73 Å². The molecule has 0 spiro atoms. The van der Waals surface area contributed by atoms with Gasteiger partial charge >= 0.3 is 0 Å². The largest absolute Gasteiger partial charge is 0.366 e. The standard InChI is InChI=1S/C32H29FN4O3S/c1-32(2,3)22-7-10-26(11-8-22)41(39,40)36-24-9-12-28-27(20-24)31(21-5-4-6-23(33)19-21)29(13-14-30(34)38)37(28)25-15-17-35-18-16-25/h4-20,36H,1-3H3,(H2,34,38)/b14-13+. The Morgan fingerprint density at radius 2 is 1.68 bits per heavy atom. The summed E-state index contributed by atoms with van der Waals surface area (Å²) in [6.07, 6.45) is 6.08. The van der Waals surface area contributed by atoms with Gasteiger partial charge in [0, 0.05) is 40.8 Å². The van der Waals surface area contributed by atoms with Crippen LogP contribution in [-0.2, 0) is 20.2 Å². The maximum Gasteiger partial charge on any atom is 0.261 e. The lowest BCUT2D eigenvalue weighted by molar-refractivity contribution is -0.113. The molecule has 0 saturated heterocycles. The summed E-state index contributed by atoms with van der Waals surface area (Å²) in [5, 5.41) is 0.639. The lowest BCUT2D eigenvalue weighted by atomic mass is 9.87. The second-order valence-electron chi connectivity index (χ2n) is 10.7. The number of pyridine rings is 1. The molecule has 7 nitrogen and oxygen atoms in total. The van der Waals surface area contributed by atoms with Gasteiger partial charge < -0.3 is 10.3 Å². The Labute approximate surface area is 238 Å². The molecule has 0 aliphatic heterocycles. The maximum atomic E-state index is 14.4. The van der Waals surface area contributed by atoms with Crippen LogP contribution in [0.5, 0.6) is 0 Å². The fourth-order valence-electron chi connectivity index (χ4n) is 4.76. The number of carbonyl (C=O) groups excluding carboxylic acids is 1. The van der Waals surface area contributed by atoms with Crippen molar-refractivity contribution >= 4 is 38.6 Å². The number of nitrogens with one attached hydrogen (secondary N) is 1. The van der Waals surface area contributed by atoms with Gasteiger partial charge in [-0.05, 0) is 77.2 Å². The zero-order chi connectivity index (χ0) is 29.4. The van der Waals surface area contributed by atoms with Crippen molar-refractivity contribution in [1.29, 1.82) is 0 Å². The zero-order valence-corrected chi connectivity index (χ0v) is 23.6. The van der Waals surface area contributed by atoms with E-state index in [1.807, 2.05) is 16.7 Å². The molecule has 41 heavy (non-hydrogen) atoms. The summed E-state index contributed by atoms with van der Waals surface area (Å²) < 4.78 is 45.7. The number of anilines is 1. The molecular weight excluding hydrogens is 539 g/mol. The van der Waals surface area contributed by atoms with E-state index in [-0.39, 0.29) is 10.3 Å². The summed E-state index contributed by atoms with van der Waals surface area (Å²) in [5.74, 6) is -1.08. The monoisotopic (exact) mass is 568 g/mol. The van der Waals surface area contributed by atoms with E-state index in [0.29, 0.717) is 33.4 Å². The molecule has 0 aliphatic rings. The minimum absolute atomic E-state index is 0.114. The van der Waals surface area contributed by atoms with Gasteiger partial charge in [0.25, 0.3) is 10.0 Å². The van der Waals surface area contributed by atoms with Crippen LogP contribution in [0, 0.1) is 5.82 Å². The molecule has 0 atom stereocenters. The van der Waals surface area contributed by atoms with E-state index in [4.69, 9.17) is 5.73 Å². The quantitative estimate of drug-likeness (QED) is 0.221. The molecule has 9 heteroatoms. The van der Waals surface area contributed by atoms with Gasteiger partial charge in [0.05, 0.1) is 16.1 Å². The van der Waals surface area contributed by atoms with Crippen molar-refractivity contribution < 1.29 is 17.6 Å². The Hall–Kier alpha value is -4.76. The van der Waals surface area contributed by atoms with Crippen LogP contribution in [0.25, 0.3) is 33.8 Å². The highest BCUT2D eigenvalue weighted by atomic mass is 32.2. The van der Waals surface area contributed by atoms with Crippen LogP contribution in [0.15, 0.2) is 102 Å². The molecule has 0 radical (unpaired) electrons. The van der Waals surface area contributed by atoms with Crippen LogP contribution in [0.1, 0.15) is 32.0 Å². The van der Waals surface area contributed by atoms with Gasteiger partial charge in [0.2, 0.25) is 5.91 Å². The van der Waals surface area contributed by atoms with Gasteiger partial charge in [-0.15, -0.1) is 0 Å². The number of benzene rings is 3. The summed E-state index contributed by atoms with van der Waals surface area (Å²) in [7, 11) is -3.91. The number of aromatic nitrogens is 2. The SMILES string of the molecule is CC(C)(C)c1ccc(S(=O)(=O)Nc2ccc3c(c2)c(-c2cccc(F)c2)c(/C=C/C(N)=O)n3-c2ccncc2)cc1. The Kier molecular flexibility index (Phi) is 7.23. The van der Waals surface area contributed by atoms with Crippen molar-refractivity contribution in [3.63, 3.8) is 0 Å². The smallest absolute Gasteiger partial charge is 0.261 e. The first-order valence-electron chi connectivity index (χ1n) is 12.9. The number of fused-ring (bicyclic) bond motifs is 1. The summed E-state index contributed by atoms with van der Waals surface area (Å²) in [6.45, 7) is 6.18. The fraction of sp³-hybridized carbons (Fsp3) is 0.125. The van der Waals surface area contributed by atoms with Crippen molar-refractivity contribution in [2.75, 3.05) is 4.72 Å². The first kappa shape index (κ1) is 27.8. The van der Waals surface area contributed by atoms with Gasteiger partial charge in [0.15, 0.2) is 0 Å². The van der Waals surface area contributed by atoms with Crippen LogP contribution in [0.3, 0.4) is 0 Å². The van der Waals surface area contributed by atoms with Crippen LogP contribution < -0.4 is 10.5 Å². The van der Waals surface area contributed by atoms with Gasteiger partial charge in [-0.2, -0.15) is 0 Å². The van der Waals surface area contributed by atoms with Gasteiger partial charge in [-0.3, -0.25) is 14.5 Å². The summed E-state index contributed by atoms with van der Waals surface area (Å²) in [4.78, 5) is 16.0. The normalized spacial score (nSPS) is 12.2. The number of sulfonamides is 1. The van der Waals surface area contributed by atoms with E-state index < -0.39 is 21.7 Å². The highest BCUT2D eigenvalue weighted by Crippen LogP contribution is 2.39. The van der Waals surface area contributed by atoms with Gasteiger partial charge in [-0.25, -0.2) is 12.8 Å². The molecule has 2 aromatic heterocycles. The van der Waals surface area contributed by atoms with E-state index >= 15 is 0 Å². The van der Waals surface area contributed by atoms with Crippen LogP contribution >= 0.6 is 0 Å². The molecule has 0 saturated carbocycles. The number of nitrogens with two attached hydrogens (primary N) is 1. The van der Waals surface area contributed by atoms with Crippen molar-refractivity contribution in [2.45, 2.75) is 31.1 Å². The van der Waals surface area contributed by atoms with Crippen LogP contribution in [0.2, 0.25) is 0 Å². The summed E-state index contributed by atoms with van der Waals surface area (Å²) >= 11 is 0. The first-order valence-corrected chi connectivity index (χ1v) is 14.4. The molecule has 5 aromatic rings. The Morgan fingerprint density at radius 1 is 0.976 bits per heavy atom. The van der Waals surface area contributed by atoms with E-state index in [0.717, 1.165) is 11.3 Å². The lowest BCUT2D eigenvalue weighted by Crippen LogP contribution is -2.14. The summed E-state index contributed by atoms with van der Waals surface area (Å²) in [5.41, 5.74) is 9.82. The first-order chi connectivity index (χ1) is 19.4. The fourth-order valence-corrected chi connectivity index (χ4v) is 5.81. The number of primary amides is 1. The molecule has 0 fully saturated rings. The lowest BCUT2D eigenvalue weighted by Gasteiger charge is -2.19. The minimum atomic E-state index is -3.91. The Balaban J connectivity index is 1.70. The second-order valence-corrected chi connectivity index (χ2v) is 12.3. The number of nitrogens with zero attached hydrogens (tertiary/aromatic N) is 2. The van der Waals surface area contributed by atoms with E-state index in [1.54, 1.807) is 73.1 Å². The van der Waals surface area contributed by atoms with Crippen molar-refractivity contribution in [3.05, 3.63) is 114 Å². The van der Waals surface area contributed by atoms with E-state index in [1.165, 1.54) is 18.2 Å². The van der Waals surface area contributed by atoms with E-state index in [9.17, 15) is 17.6 Å². The van der Waals surface area contributed by atoms with Crippen LogP contribution in [0.4, 0.5) is 10.1 Å². The molecule has 208 valence electrons. The Bertz CT molecular complexity index is 1890. The van der Waals surface area contributed by atoms with Crippen LogP contribution in [-0.4, -0.2) is 23.9 Å². The van der Waals surface area contributed by atoms with E-state index in [2.05, 4.69) is 30.5 Å². The molecule has 0 bridgehead atoms. The minimum Gasteiger partial charge on any atom is -0.366 e. The third-order valence-electron chi connectivity index (χ3n) is 6.73. The molecule has 2 heterocycles. The molecule has 0 aliphatic carbocycles. The number of carbonyl (C=O) groups is 1. The average Bonchev–Trinajstić information content (AvgIpc) is 3.25. The Morgan fingerprint density at radius 3 is 2.32 bits per heavy atom. The predicted octanol–water partition coefficient (Wildman–Crippen LogP) is 6.43. The highest BCUT2D eigenvalue weighted by molar-refractivity contribution is 7.92. The topological polar surface area (TPSA) is 107 Å². The number of hydrogen-bond acceptors (Lipinski definition) is 4. The molecule has 5 rings (SSSR count). The maximum absolute atomic E-state index is 14.4. The second kappa shape index (κ2) is 10.7.